The van der Waals surface area contributed by atoms with E-state index in [-0.39, 0.29) is 6.04 Å². The van der Waals surface area contributed by atoms with Crippen molar-refractivity contribution in [3.05, 3.63) is 72.9 Å². The van der Waals surface area contributed by atoms with Crippen molar-refractivity contribution in [2.45, 2.75) is 37.8 Å². The molecule has 0 aromatic heterocycles. The van der Waals surface area contributed by atoms with Gasteiger partial charge in [-0.1, -0.05) is 42.0 Å². The molecule has 0 heterocycles. The summed E-state index contributed by atoms with van der Waals surface area (Å²) in [4.78, 5) is 2.39. The molecular weight excluding hydrogens is 268 g/mol. The molecule has 0 spiro atoms. The van der Waals surface area contributed by atoms with Crippen molar-refractivity contribution in [2.24, 2.45) is 5.73 Å². The van der Waals surface area contributed by atoms with Crippen molar-refractivity contribution in [2.75, 3.05) is 13.1 Å². The van der Waals surface area contributed by atoms with Gasteiger partial charge in [0, 0.05) is 19.1 Å². The van der Waals surface area contributed by atoms with Gasteiger partial charge in [0.25, 0.3) is 0 Å². The van der Waals surface area contributed by atoms with Crippen molar-refractivity contribution >= 4 is 0 Å². The molecule has 0 amide bonds. The number of hydrogen-bond acceptors (Lipinski definition) is 2. The maximum atomic E-state index is 7.01. The molecule has 0 aliphatic heterocycles. The monoisotopic (exact) mass is 296 g/mol. The summed E-state index contributed by atoms with van der Waals surface area (Å²) < 4.78 is 0. The molecule has 2 N–H and O–H groups in total. The first-order chi connectivity index (χ1) is 10.5. The van der Waals surface area contributed by atoms with E-state index < -0.39 is 5.54 Å². The minimum Gasteiger partial charge on any atom is -0.320 e. The van der Waals surface area contributed by atoms with Crippen LogP contribution in [-0.4, -0.2) is 24.0 Å². The fourth-order valence-electron chi connectivity index (χ4n) is 3.80. The molecule has 0 saturated carbocycles. The lowest BCUT2D eigenvalue weighted by Crippen LogP contribution is -2.58. The van der Waals surface area contributed by atoms with Crippen molar-refractivity contribution in [3.63, 3.8) is 0 Å². The van der Waals surface area contributed by atoms with Gasteiger partial charge in [-0.15, -0.1) is 19.7 Å². The van der Waals surface area contributed by atoms with Gasteiger partial charge in [0.2, 0.25) is 0 Å². The molecule has 0 saturated heterocycles. The van der Waals surface area contributed by atoms with Crippen LogP contribution in [0.25, 0.3) is 0 Å². The van der Waals surface area contributed by atoms with Gasteiger partial charge in [-0.25, -0.2) is 0 Å². The third-order valence-electron chi connectivity index (χ3n) is 4.56. The number of benzene rings is 1. The van der Waals surface area contributed by atoms with E-state index in [9.17, 15) is 0 Å². The van der Waals surface area contributed by atoms with Crippen LogP contribution in [0.1, 0.15) is 30.9 Å². The van der Waals surface area contributed by atoms with Crippen molar-refractivity contribution < 1.29 is 0 Å². The van der Waals surface area contributed by atoms with Gasteiger partial charge < -0.3 is 5.73 Å². The Morgan fingerprint density at radius 1 is 1.32 bits per heavy atom. The lowest BCUT2D eigenvalue weighted by molar-refractivity contribution is 0.124. The molecule has 0 bridgehead atoms. The van der Waals surface area contributed by atoms with E-state index in [1.807, 2.05) is 12.2 Å². The van der Waals surface area contributed by atoms with E-state index >= 15 is 0 Å². The molecule has 2 nitrogen and oxygen atoms in total. The molecule has 2 heteroatoms. The lowest BCUT2D eigenvalue weighted by Gasteiger charge is -2.48. The quantitative estimate of drug-likeness (QED) is 0.776. The van der Waals surface area contributed by atoms with E-state index in [0.29, 0.717) is 0 Å². The first-order valence-electron chi connectivity index (χ1n) is 8.00. The summed E-state index contributed by atoms with van der Waals surface area (Å²) >= 11 is 0. The number of hydrogen-bond donors (Lipinski definition) is 1. The maximum absolute atomic E-state index is 7.01. The number of nitrogens with zero attached hydrogens (tertiary/aromatic N) is 1. The molecule has 1 aromatic rings. The minimum atomic E-state index is -0.396. The summed E-state index contributed by atoms with van der Waals surface area (Å²) in [6.07, 6.45) is 6.83. The average molecular weight is 296 g/mol. The average Bonchev–Trinajstić information content (AvgIpc) is 2.47. The number of nitrogens with two attached hydrogens (primary N) is 1. The Bertz CT molecular complexity index is 551. The van der Waals surface area contributed by atoms with Gasteiger partial charge >= 0.3 is 0 Å². The highest BCUT2D eigenvalue weighted by atomic mass is 15.2. The molecule has 2 rings (SSSR count). The first kappa shape index (κ1) is 16.7. The molecule has 118 valence electrons. The number of aryl methyl sites for hydroxylation is 1. The SMILES string of the molecule is C=CCN(CC=C)C1CCc2ccccc2C1(N)CC(=C)C. The summed E-state index contributed by atoms with van der Waals surface area (Å²) in [6, 6.07) is 8.86. The van der Waals surface area contributed by atoms with E-state index in [1.54, 1.807) is 0 Å². The number of rotatable bonds is 7. The Morgan fingerprint density at radius 3 is 2.55 bits per heavy atom. The van der Waals surface area contributed by atoms with Crippen molar-refractivity contribution in [1.29, 1.82) is 0 Å². The van der Waals surface area contributed by atoms with Crippen LogP contribution in [0.15, 0.2) is 61.7 Å². The molecule has 1 aliphatic rings. The summed E-state index contributed by atoms with van der Waals surface area (Å²) in [5, 5.41) is 0. The standard InChI is InChI=1S/C20H28N2/c1-5-13-22(14-6-2)19-12-11-17-9-7-8-10-18(17)20(19,21)15-16(3)4/h5-10,19H,1-3,11-15,21H2,4H3. The summed E-state index contributed by atoms with van der Waals surface area (Å²) in [6.45, 7) is 15.6. The Kier molecular flexibility index (Phi) is 5.38. The third kappa shape index (κ3) is 3.23. The second-order valence-corrected chi connectivity index (χ2v) is 6.42. The van der Waals surface area contributed by atoms with Crippen LogP contribution in [0.3, 0.4) is 0 Å². The Balaban J connectivity index is 2.46. The topological polar surface area (TPSA) is 29.3 Å². The second kappa shape index (κ2) is 7.08. The predicted molar refractivity (Wildman–Crippen MR) is 95.8 cm³/mol. The fraction of sp³-hybridized carbons (Fsp3) is 0.400. The van der Waals surface area contributed by atoms with Gasteiger partial charge in [-0.05, 0) is 37.3 Å². The summed E-state index contributed by atoms with van der Waals surface area (Å²) in [5.74, 6) is 0. The Hall–Kier alpha value is -1.64. The van der Waals surface area contributed by atoms with Crippen LogP contribution in [0.4, 0.5) is 0 Å². The minimum absolute atomic E-state index is 0.273. The van der Waals surface area contributed by atoms with Crippen LogP contribution in [0.5, 0.6) is 0 Å². The van der Waals surface area contributed by atoms with Crippen LogP contribution in [-0.2, 0) is 12.0 Å². The van der Waals surface area contributed by atoms with E-state index in [1.165, 1.54) is 11.1 Å². The van der Waals surface area contributed by atoms with Gasteiger partial charge in [0.1, 0.15) is 0 Å². The molecular formula is C20H28N2. The van der Waals surface area contributed by atoms with Crippen molar-refractivity contribution in [1.82, 2.24) is 4.90 Å². The highest BCUT2D eigenvalue weighted by Crippen LogP contribution is 2.40. The zero-order valence-corrected chi connectivity index (χ0v) is 13.7. The van der Waals surface area contributed by atoms with Crippen LogP contribution in [0.2, 0.25) is 0 Å². The van der Waals surface area contributed by atoms with Crippen LogP contribution < -0.4 is 5.73 Å². The zero-order valence-electron chi connectivity index (χ0n) is 13.7. The molecule has 0 fully saturated rings. The van der Waals surface area contributed by atoms with Gasteiger partial charge in [0.05, 0.1) is 5.54 Å². The summed E-state index contributed by atoms with van der Waals surface area (Å²) in [7, 11) is 0. The third-order valence-corrected chi connectivity index (χ3v) is 4.56. The van der Waals surface area contributed by atoms with Gasteiger partial charge in [-0.3, -0.25) is 4.90 Å². The highest BCUT2D eigenvalue weighted by Gasteiger charge is 2.43. The smallest absolute Gasteiger partial charge is 0.0607 e. The molecule has 1 aliphatic carbocycles. The maximum Gasteiger partial charge on any atom is 0.0607 e. The van der Waals surface area contributed by atoms with Crippen LogP contribution in [0, 0.1) is 0 Å². The summed E-state index contributed by atoms with van der Waals surface area (Å²) in [5.41, 5.74) is 10.4. The highest BCUT2D eigenvalue weighted by molar-refractivity contribution is 5.39. The molecule has 22 heavy (non-hydrogen) atoms. The number of fused-ring (bicyclic) bond motifs is 1. The van der Waals surface area contributed by atoms with Gasteiger partial charge in [0.15, 0.2) is 0 Å². The Morgan fingerprint density at radius 2 is 1.95 bits per heavy atom. The van der Waals surface area contributed by atoms with Gasteiger partial charge in [-0.2, -0.15) is 0 Å². The van der Waals surface area contributed by atoms with E-state index in [0.717, 1.165) is 37.9 Å². The van der Waals surface area contributed by atoms with Crippen molar-refractivity contribution in [3.8, 4) is 0 Å². The molecule has 2 unspecified atom stereocenters. The predicted octanol–water partition coefficient (Wildman–Crippen LogP) is 3.80. The zero-order chi connectivity index (χ0) is 16.2. The molecule has 0 radical (unpaired) electrons. The van der Waals surface area contributed by atoms with E-state index in [2.05, 4.69) is 55.8 Å². The van der Waals surface area contributed by atoms with E-state index in [4.69, 9.17) is 5.73 Å². The van der Waals surface area contributed by atoms with Crippen LogP contribution >= 0.6 is 0 Å². The lowest BCUT2D eigenvalue weighted by atomic mass is 9.70. The second-order valence-electron chi connectivity index (χ2n) is 6.42. The fourth-order valence-corrected chi connectivity index (χ4v) is 3.80. The molecule has 2 atom stereocenters. The Labute approximate surface area is 135 Å². The largest absolute Gasteiger partial charge is 0.320 e. The first-order valence-corrected chi connectivity index (χ1v) is 8.00. The molecule has 1 aromatic carbocycles. The normalized spacial score (nSPS) is 23.9.